The van der Waals surface area contributed by atoms with Gasteiger partial charge in [0.2, 0.25) is 5.88 Å². The Morgan fingerprint density at radius 3 is 2.57 bits per heavy atom. The summed E-state index contributed by atoms with van der Waals surface area (Å²) in [5.41, 5.74) is 2.40. The molecular weight excluding hydrogens is 384 g/mol. The van der Waals surface area contributed by atoms with Gasteiger partial charge in [0.25, 0.3) is 0 Å². The number of aryl methyl sites for hydroxylation is 1. The Balaban J connectivity index is 1.87. The van der Waals surface area contributed by atoms with Gasteiger partial charge >= 0.3 is 0 Å². The van der Waals surface area contributed by atoms with Crippen LogP contribution in [0.4, 0.5) is 8.78 Å². The molecule has 0 bridgehead atoms. The van der Waals surface area contributed by atoms with Gasteiger partial charge in [-0.1, -0.05) is 6.92 Å². The second-order valence-electron chi connectivity index (χ2n) is 8.92. The van der Waals surface area contributed by atoms with Gasteiger partial charge in [0.15, 0.2) is 0 Å². The molecule has 0 aliphatic carbocycles. The van der Waals surface area contributed by atoms with Crippen molar-refractivity contribution in [3.63, 3.8) is 0 Å². The molecular formula is C24H31F2N3O. The molecule has 0 radical (unpaired) electrons. The molecule has 6 heteroatoms. The number of benzene rings is 1. The van der Waals surface area contributed by atoms with E-state index >= 15 is 4.39 Å². The SMILES string of the molecule is CC[C@H]1CC(NC(C)c2cc(F)c(-c3cc(OC(C)(C)C)ncc3C)cc2F)=CN1. The Labute approximate surface area is 177 Å². The Morgan fingerprint density at radius 1 is 1.20 bits per heavy atom. The zero-order valence-electron chi connectivity index (χ0n) is 18.6. The van der Waals surface area contributed by atoms with Crippen LogP contribution < -0.4 is 15.4 Å². The summed E-state index contributed by atoms with van der Waals surface area (Å²) in [6, 6.07) is 4.26. The number of halogens is 2. The predicted molar refractivity (Wildman–Crippen MR) is 116 cm³/mol. The van der Waals surface area contributed by atoms with Crippen LogP contribution in [0.25, 0.3) is 11.1 Å². The van der Waals surface area contributed by atoms with Crippen LogP contribution in [0.5, 0.6) is 5.88 Å². The lowest BCUT2D eigenvalue weighted by molar-refractivity contribution is 0.124. The molecule has 2 aromatic rings. The number of aromatic nitrogens is 1. The van der Waals surface area contributed by atoms with Gasteiger partial charge in [-0.15, -0.1) is 0 Å². The first kappa shape index (κ1) is 22.1. The molecule has 0 spiro atoms. The van der Waals surface area contributed by atoms with Gasteiger partial charge < -0.3 is 15.4 Å². The number of hydrogen-bond acceptors (Lipinski definition) is 4. The van der Waals surface area contributed by atoms with E-state index in [9.17, 15) is 4.39 Å². The quantitative estimate of drug-likeness (QED) is 0.628. The van der Waals surface area contributed by atoms with Gasteiger partial charge in [-0.3, -0.25) is 0 Å². The van der Waals surface area contributed by atoms with Crippen LogP contribution in [-0.2, 0) is 0 Å². The third-order valence-corrected chi connectivity index (χ3v) is 5.19. The van der Waals surface area contributed by atoms with Crippen LogP contribution >= 0.6 is 0 Å². The van der Waals surface area contributed by atoms with E-state index in [2.05, 4.69) is 22.5 Å². The maximum absolute atomic E-state index is 15.1. The summed E-state index contributed by atoms with van der Waals surface area (Å²) in [6.07, 6.45) is 5.41. The highest BCUT2D eigenvalue weighted by Gasteiger charge is 2.21. The van der Waals surface area contributed by atoms with E-state index in [0.717, 1.165) is 24.1 Å². The van der Waals surface area contributed by atoms with Crippen molar-refractivity contribution in [2.45, 2.75) is 72.1 Å². The topological polar surface area (TPSA) is 46.2 Å². The van der Waals surface area contributed by atoms with Crippen molar-refractivity contribution in [1.29, 1.82) is 0 Å². The first-order chi connectivity index (χ1) is 14.1. The van der Waals surface area contributed by atoms with Crippen molar-refractivity contribution >= 4 is 0 Å². The Kier molecular flexibility index (Phi) is 6.34. The maximum atomic E-state index is 15.1. The summed E-state index contributed by atoms with van der Waals surface area (Å²) in [5.74, 6) is -0.534. The molecule has 1 aliphatic rings. The van der Waals surface area contributed by atoms with Crippen molar-refractivity contribution in [1.82, 2.24) is 15.6 Å². The van der Waals surface area contributed by atoms with Gasteiger partial charge in [-0.2, -0.15) is 0 Å². The van der Waals surface area contributed by atoms with Gasteiger partial charge in [-0.25, -0.2) is 13.8 Å². The molecule has 1 aliphatic heterocycles. The zero-order chi connectivity index (χ0) is 22.1. The molecule has 4 nitrogen and oxygen atoms in total. The molecule has 162 valence electrons. The van der Waals surface area contributed by atoms with Crippen molar-refractivity contribution < 1.29 is 13.5 Å². The number of hydrogen-bond donors (Lipinski definition) is 2. The summed E-state index contributed by atoms with van der Waals surface area (Å²) in [7, 11) is 0. The predicted octanol–water partition coefficient (Wildman–Crippen LogP) is 5.78. The van der Waals surface area contributed by atoms with E-state index in [1.807, 2.05) is 40.8 Å². The third-order valence-electron chi connectivity index (χ3n) is 5.19. The summed E-state index contributed by atoms with van der Waals surface area (Å²) in [6.45, 7) is 11.5. The second kappa shape index (κ2) is 8.62. The number of pyridine rings is 1. The summed E-state index contributed by atoms with van der Waals surface area (Å²) < 4.78 is 35.9. The van der Waals surface area contributed by atoms with E-state index in [4.69, 9.17) is 4.74 Å². The smallest absolute Gasteiger partial charge is 0.214 e. The molecule has 2 N–H and O–H groups in total. The summed E-state index contributed by atoms with van der Waals surface area (Å²) in [4.78, 5) is 4.26. The minimum Gasteiger partial charge on any atom is -0.472 e. The highest BCUT2D eigenvalue weighted by Crippen LogP contribution is 2.33. The van der Waals surface area contributed by atoms with Crippen LogP contribution in [-0.4, -0.2) is 16.6 Å². The maximum Gasteiger partial charge on any atom is 0.214 e. The molecule has 1 aromatic heterocycles. The van der Waals surface area contributed by atoms with E-state index in [-0.39, 0.29) is 11.6 Å². The Hall–Kier alpha value is -2.63. The summed E-state index contributed by atoms with van der Waals surface area (Å²) in [5, 5.41) is 6.58. The third kappa shape index (κ3) is 5.10. The lowest BCUT2D eigenvalue weighted by Crippen LogP contribution is -2.23. The largest absolute Gasteiger partial charge is 0.472 e. The highest BCUT2D eigenvalue weighted by atomic mass is 19.1. The molecule has 0 saturated heterocycles. The minimum atomic E-state index is -0.471. The van der Waals surface area contributed by atoms with Crippen LogP contribution in [0.15, 0.2) is 36.3 Å². The van der Waals surface area contributed by atoms with E-state index in [0.29, 0.717) is 23.0 Å². The molecule has 1 unspecified atom stereocenters. The fraction of sp³-hybridized carbons (Fsp3) is 0.458. The number of nitrogens with zero attached hydrogens (tertiary/aromatic N) is 1. The van der Waals surface area contributed by atoms with Gasteiger partial charge in [0.1, 0.15) is 17.2 Å². The molecule has 1 aromatic carbocycles. The molecule has 0 fully saturated rings. The average Bonchev–Trinajstić information content (AvgIpc) is 3.11. The second-order valence-corrected chi connectivity index (χ2v) is 8.92. The minimum absolute atomic E-state index is 0.204. The number of ether oxygens (including phenoxy) is 1. The molecule has 3 rings (SSSR count). The van der Waals surface area contributed by atoms with Crippen LogP contribution in [0.3, 0.4) is 0 Å². The van der Waals surface area contributed by atoms with Gasteiger partial charge in [0.05, 0.1) is 6.04 Å². The zero-order valence-corrected chi connectivity index (χ0v) is 18.6. The van der Waals surface area contributed by atoms with Crippen molar-refractivity contribution in [3.8, 4) is 17.0 Å². The normalized spacial score (nSPS) is 17.3. The highest BCUT2D eigenvalue weighted by molar-refractivity contribution is 5.69. The fourth-order valence-corrected chi connectivity index (χ4v) is 3.59. The standard InChI is InChI=1S/C24H31F2N3O/c1-7-16-8-17(13-27-16)29-15(3)19-9-22(26)20(10-21(19)25)18-11-23(28-12-14(18)2)30-24(4,5)6/h9-13,15-16,27,29H,7-8H2,1-6H3/t15?,16-/m0/s1. The Morgan fingerprint density at radius 2 is 1.93 bits per heavy atom. The lowest BCUT2D eigenvalue weighted by atomic mass is 9.97. The molecule has 30 heavy (non-hydrogen) atoms. The number of rotatable bonds is 6. The van der Waals surface area contributed by atoms with Crippen molar-refractivity contribution in [2.24, 2.45) is 0 Å². The van der Waals surface area contributed by atoms with E-state index in [1.54, 1.807) is 12.3 Å². The first-order valence-electron chi connectivity index (χ1n) is 10.4. The first-order valence-corrected chi connectivity index (χ1v) is 10.4. The summed E-state index contributed by atoms with van der Waals surface area (Å²) >= 11 is 0. The monoisotopic (exact) mass is 415 g/mol. The van der Waals surface area contributed by atoms with Crippen LogP contribution in [0.1, 0.15) is 64.6 Å². The van der Waals surface area contributed by atoms with E-state index < -0.39 is 17.2 Å². The van der Waals surface area contributed by atoms with Crippen LogP contribution in [0.2, 0.25) is 0 Å². The molecule has 0 saturated carbocycles. The molecule has 2 heterocycles. The van der Waals surface area contributed by atoms with E-state index in [1.165, 1.54) is 12.1 Å². The van der Waals surface area contributed by atoms with Crippen LogP contribution in [0, 0.1) is 18.6 Å². The average molecular weight is 416 g/mol. The fourth-order valence-electron chi connectivity index (χ4n) is 3.59. The Bertz CT molecular complexity index is 950. The lowest BCUT2D eigenvalue weighted by Gasteiger charge is -2.21. The van der Waals surface area contributed by atoms with Crippen molar-refractivity contribution in [2.75, 3.05) is 0 Å². The molecule has 2 atom stereocenters. The van der Waals surface area contributed by atoms with Gasteiger partial charge in [0, 0.05) is 47.7 Å². The number of nitrogens with one attached hydrogen (secondary N) is 2. The van der Waals surface area contributed by atoms with Crippen molar-refractivity contribution in [3.05, 3.63) is 59.1 Å². The van der Waals surface area contributed by atoms with Gasteiger partial charge in [-0.05, 0) is 64.3 Å². The molecule has 0 amide bonds.